The molecule has 1 saturated carbocycles. The molecule has 3 aliphatic heterocycles. The zero-order valence-electron chi connectivity index (χ0n) is 20.7. The number of rotatable bonds is 5. The van der Waals surface area contributed by atoms with E-state index in [-0.39, 0.29) is 60.1 Å². The fraction of sp³-hybridized carbons (Fsp3) is 0.538. The molecule has 2 unspecified atom stereocenters. The number of nitrogens with zero attached hydrogens (tertiary/aromatic N) is 4. The van der Waals surface area contributed by atoms with Crippen LogP contribution in [0, 0.1) is 11.8 Å². The molecular weight excluding hydrogens is 519 g/mol. The van der Waals surface area contributed by atoms with Crippen LogP contribution in [0.2, 0.25) is 0 Å². The van der Waals surface area contributed by atoms with E-state index in [9.17, 15) is 28.7 Å². The molecule has 2 atom stereocenters. The molecule has 0 aromatic carbocycles. The number of ether oxygens (including phenoxy) is 1. The lowest BCUT2D eigenvalue weighted by Gasteiger charge is -2.32. The number of aromatic nitrogens is 1. The zero-order chi connectivity index (χ0) is 26.7. The van der Waals surface area contributed by atoms with E-state index in [0.717, 1.165) is 12.8 Å². The first-order chi connectivity index (χ1) is 18.3. The summed E-state index contributed by atoms with van der Waals surface area (Å²) in [6.45, 7) is 2.04. The lowest BCUT2D eigenvalue weighted by atomic mass is 9.93. The van der Waals surface area contributed by atoms with Gasteiger partial charge in [-0.3, -0.25) is 23.7 Å². The van der Waals surface area contributed by atoms with Crippen LogP contribution in [0.4, 0.5) is 4.39 Å². The van der Waals surface area contributed by atoms with Crippen LogP contribution < -0.4 is 5.56 Å². The van der Waals surface area contributed by atoms with Crippen LogP contribution >= 0.6 is 11.6 Å². The van der Waals surface area contributed by atoms with Gasteiger partial charge in [0.2, 0.25) is 5.91 Å². The molecule has 2 aliphatic carbocycles. The van der Waals surface area contributed by atoms with Crippen LogP contribution in [0.25, 0.3) is 0 Å². The Morgan fingerprint density at radius 2 is 1.87 bits per heavy atom. The number of pyridine rings is 1. The smallest absolute Gasteiger partial charge is 0.295 e. The molecule has 10 nitrogen and oxygen atoms in total. The second kappa shape index (κ2) is 9.53. The van der Waals surface area contributed by atoms with Crippen molar-refractivity contribution >= 4 is 29.3 Å². The van der Waals surface area contributed by atoms with Crippen molar-refractivity contribution in [3.63, 3.8) is 0 Å². The molecular formula is C26H28ClFN4O6. The maximum atomic E-state index is 13.8. The van der Waals surface area contributed by atoms with Crippen molar-refractivity contribution in [2.75, 3.05) is 45.9 Å². The molecule has 5 aliphatic rings. The molecule has 1 aromatic heterocycles. The van der Waals surface area contributed by atoms with Crippen LogP contribution in [0.5, 0.6) is 5.75 Å². The van der Waals surface area contributed by atoms with Gasteiger partial charge in [0.1, 0.15) is 24.2 Å². The van der Waals surface area contributed by atoms with Gasteiger partial charge >= 0.3 is 0 Å². The van der Waals surface area contributed by atoms with E-state index >= 15 is 0 Å². The van der Waals surface area contributed by atoms with E-state index in [1.807, 2.05) is 0 Å². The molecule has 1 saturated heterocycles. The van der Waals surface area contributed by atoms with Crippen molar-refractivity contribution in [2.45, 2.75) is 31.8 Å². The highest BCUT2D eigenvalue weighted by Gasteiger charge is 2.50. The van der Waals surface area contributed by atoms with Gasteiger partial charge < -0.3 is 24.5 Å². The largest absolute Gasteiger partial charge is 0.502 e. The molecule has 2 fully saturated rings. The van der Waals surface area contributed by atoms with Crippen molar-refractivity contribution < 1.29 is 28.6 Å². The highest BCUT2D eigenvalue weighted by atomic mass is 35.5. The summed E-state index contributed by atoms with van der Waals surface area (Å²) < 4.78 is 20.2. The first-order valence-corrected chi connectivity index (χ1v) is 13.3. The highest BCUT2D eigenvalue weighted by Crippen LogP contribution is 2.46. The number of hydrogen-bond donors (Lipinski definition) is 1. The van der Waals surface area contributed by atoms with Gasteiger partial charge in [0, 0.05) is 31.7 Å². The van der Waals surface area contributed by atoms with Crippen LogP contribution in [0.1, 0.15) is 51.8 Å². The minimum Gasteiger partial charge on any atom is -0.502 e. The van der Waals surface area contributed by atoms with Crippen LogP contribution in [-0.2, 0) is 16.0 Å². The highest BCUT2D eigenvalue weighted by molar-refractivity contribution is 6.31. The molecule has 3 amide bonds. The van der Waals surface area contributed by atoms with Crippen LogP contribution in [0.15, 0.2) is 27.8 Å². The molecule has 1 N–H and O–H groups in total. The standard InChI is InChI=1S/C26H28ClFN4O6/c27-17-11-14(1-4-18(17)28)12-30-6-5-16-20(24(30)35)22(34)26(37)32-21(16)25(36)31(23(32)15-2-3-15)13-19(33)29-7-9-38-10-8-29/h4,11,14-15,23,34H,1-3,5-10,12-13H2. The maximum absolute atomic E-state index is 13.8. The number of hydrogen-bond acceptors (Lipinski definition) is 6. The summed E-state index contributed by atoms with van der Waals surface area (Å²) in [7, 11) is 0. The summed E-state index contributed by atoms with van der Waals surface area (Å²) in [5, 5.41) is 11.0. The summed E-state index contributed by atoms with van der Waals surface area (Å²) in [5.74, 6) is -2.64. The van der Waals surface area contributed by atoms with Gasteiger partial charge in [0.25, 0.3) is 17.4 Å². The van der Waals surface area contributed by atoms with Gasteiger partial charge in [-0.05, 0) is 43.6 Å². The van der Waals surface area contributed by atoms with E-state index in [2.05, 4.69) is 0 Å². The first-order valence-electron chi connectivity index (χ1n) is 13.0. The van der Waals surface area contributed by atoms with Crippen molar-refractivity contribution in [1.82, 2.24) is 19.3 Å². The molecule has 4 heterocycles. The van der Waals surface area contributed by atoms with E-state index in [0.29, 0.717) is 38.3 Å². The molecule has 0 bridgehead atoms. The fourth-order valence-corrected chi connectivity index (χ4v) is 6.22. The fourth-order valence-electron chi connectivity index (χ4n) is 5.96. The van der Waals surface area contributed by atoms with Gasteiger partial charge in [-0.1, -0.05) is 17.7 Å². The third-order valence-corrected chi connectivity index (χ3v) is 8.35. The Hall–Kier alpha value is -3.18. The Morgan fingerprint density at radius 3 is 2.55 bits per heavy atom. The number of aromatic hydroxyl groups is 1. The predicted octanol–water partition coefficient (Wildman–Crippen LogP) is 1.77. The van der Waals surface area contributed by atoms with E-state index < -0.39 is 35.1 Å². The second-order valence-corrected chi connectivity index (χ2v) is 10.9. The second-order valence-electron chi connectivity index (χ2n) is 10.5. The lowest BCUT2D eigenvalue weighted by molar-refractivity contribution is -0.136. The summed E-state index contributed by atoms with van der Waals surface area (Å²) in [6.07, 6.45) is 4.47. The molecule has 12 heteroatoms. The Morgan fingerprint density at radius 1 is 1.13 bits per heavy atom. The minimum absolute atomic E-state index is 0.0000767. The van der Waals surface area contributed by atoms with Crippen LogP contribution in [0.3, 0.4) is 0 Å². The van der Waals surface area contributed by atoms with Gasteiger partial charge in [0.15, 0.2) is 5.75 Å². The number of allylic oxidation sites excluding steroid dienone is 3. The Bertz CT molecular complexity index is 1350. The summed E-state index contributed by atoms with van der Waals surface area (Å²) in [4.78, 5) is 58.3. The zero-order valence-corrected chi connectivity index (χ0v) is 21.5. The number of halogens is 2. The number of morpholine rings is 1. The minimum atomic E-state index is -0.800. The van der Waals surface area contributed by atoms with E-state index in [1.165, 1.54) is 20.4 Å². The SMILES string of the molecule is O=C(CN1C(=O)c2c3c(c(O)c(=O)n2C1C1CC1)C(=O)N(CC1C=C(Cl)C(F)=CC1)CC3)N1CCOCC1. The Kier molecular flexibility index (Phi) is 6.30. The number of amides is 3. The van der Waals surface area contributed by atoms with E-state index in [1.54, 1.807) is 11.0 Å². The Balaban J connectivity index is 1.32. The average molecular weight is 547 g/mol. The number of carbonyl (C=O) groups excluding carboxylic acids is 3. The van der Waals surface area contributed by atoms with Crippen LogP contribution in [-0.4, -0.2) is 88.0 Å². The van der Waals surface area contributed by atoms with Gasteiger partial charge in [-0.2, -0.15) is 0 Å². The monoisotopic (exact) mass is 546 g/mol. The third-order valence-electron chi connectivity index (χ3n) is 8.04. The topological polar surface area (TPSA) is 112 Å². The average Bonchev–Trinajstić information content (AvgIpc) is 3.71. The van der Waals surface area contributed by atoms with Gasteiger partial charge in [0.05, 0.1) is 23.8 Å². The lowest BCUT2D eigenvalue weighted by Crippen LogP contribution is -2.47. The third kappa shape index (κ3) is 4.12. The van der Waals surface area contributed by atoms with Crippen molar-refractivity contribution in [2.24, 2.45) is 11.8 Å². The normalized spacial score (nSPS) is 25.3. The number of fused-ring (bicyclic) bond motifs is 3. The molecule has 0 radical (unpaired) electrons. The molecule has 38 heavy (non-hydrogen) atoms. The van der Waals surface area contributed by atoms with Crippen molar-refractivity contribution in [1.29, 1.82) is 0 Å². The molecule has 6 rings (SSSR count). The number of carbonyl (C=O) groups is 3. The van der Waals surface area contributed by atoms with Gasteiger partial charge in [-0.15, -0.1) is 0 Å². The summed E-state index contributed by atoms with van der Waals surface area (Å²) in [6, 6.07) is 0. The maximum Gasteiger partial charge on any atom is 0.295 e. The van der Waals surface area contributed by atoms with E-state index in [4.69, 9.17) is 16.3 Å². The molecule has 0 spiro atoms. The van der Waals surface area contributed by atoms with Crippen molar-refractivity contribution in [3.05, 3.63) is 50.2 Å². The van der Waals surface area contributed by atoms with Gasteiger partial charge in [-0.25, -0.2) is 4.39 Å². The molecule has 1 aromatic rings. The summed E-state index contributed by atoms with van der Waals surface area (Å²) >= 11 is 5.92. The quantitative estimate of drug-likeness (QED) is 0.602. The van der Waals surface area contributed by atoms with Crippen molar-refractivity contribution in [3.8, 4) is 5.75 Å². The molecule has 202 valence electrons. The summed E-state index contributed by atoms with van der Waals surface area (Å²) in [5.41, 5.74) is -0.535. The Labute approximate surface area is 222 Å². The first kappa shape index (κ1) is 25.1. The predicted molar refractivity (Wildman–Crippen MR) is 133 cm³/mol.